The zero-order valence-electron chi connectivity index (χ0n) is 11.6. The van der Waals surface area contributed by atoms with Gasteiger partial charge in [-0.25, -0.2) is 4.79 Å². The molecule has 0 saturated carbocycles. The van der Waals surface area contributed by atoms with Gasteiger partial charge in [-0.15, -0.1) is 0 Å². The Morgan fingerprint density at radius 2 is 1.67 bits per heavy atom. The van der Waals surface area contributed by atoms with Crippen molar-refractivity contribution in [3.05, 3.63) is 78.0 Å². The van der Waals surface area contributed by atoms with Gasteiger partial charge in [0.25, 0.3) is 0 Å². The van der Waals surface area contributed by atoms with Crippen LogP contribution in [0.5, 0.6) is 0 Å². The van der Waals surface area contributed by atoms with Gasteiger partial charge in [0.15, 0.2) is 5.78 Å². The largest absolute Gasteiger partial charge is 0.465 e. The number of methoxy groups -OCH3 is 1. The van der Waals surface area contributed by atoms with E-state index in [0.717, 1.165) is 0 Å². The zero-order valence-corrected chi connectivity index (χ0v) is 11.6. The lowest BCUT2D eigenvalue weighted by Crippen LogP contribution is -2.05. The van der Waals surface area contributed by atoms with E-state index in [-0.39, 0.29) is 5.78 Å². The van der Waals surface area contributed by atoms with E-state index in [9.17, 15) is 9.59 Å². The van der Waals surface area contributed by atoms with Gasteiger partial charge in [0.05, 0.1) is 18.4 Å². The first-order valence-corrected chi connectivity index (χ1v) is 6.42. The maximum absolute atomic E-state index is 11.9. The number of hydrogen-bond acceptors (Lipinski definition) is 4. The Morgan fingerprint density at radius 3 is 2.38 bits per heavy atom. The van der Waals surface area contributed by atoms with E-state index in [1.54, 1.807) is 48.5 Å². The Balaban J connectivity index is 2.08. The normalized spacial score (nSPS) is 10.3. The molecule has 0 bridgehead atoms. The summed E-state index contributed by atoms with van der Waals surface area (Å²) in [6.45, 7) is 0. The van der Waals surface area contributed by atoms with Crippen molar-refractivity contribution in [2.24, 2.45) is 0 Å². The molecule has 0 fully saturated rings. The number of esters is 1. The predicted octanol–water partition coefficient (Wildman–Crippen LogP) is 3.28. The standard InChI is InChI=1S/C17H15NO3/c1-21-17(20)14-9-5-6-10-15(14)18-12-11-16(19)13-7-3-2-4-8-13/h2-12,18H,1H3/b12-11+. The van der Waals surface area contributed by atoms with Gasteiger partial charge in [0.1, 0.15) is 0 Å². The maximum atomic E-state index is 11.9. The number of benzene rings is 2. The van der Waals surface area contributed by atoms with Crippen molar-refractivity contribution in [3.63, 3.8) is 0 Å². The first-order chi connectivity index (χ1) is 10.2. The van der Waals surface area contributed by atoms with Gasteiger partial charge >= 0.3 is 5.97 Å². The number of para-hydroxylation sites is 1. The van der Waals surface area contributed by atoms with Gasteiger partial charge < -0.3 is 10.1 Å². The van der Waals surface area contributed by atoms with Crippen molar-refractivity contribution < 1.29 is 14.3 Å². The Labute approximate surface area is 123 Å². The van der Waals surface area contributed by atoms with Crippen LogP contribution in [0.2, 0.25) is 0 Å². The quantitative estimate of drug-likeness (QED) is 0.519. The van der Waals surface area contributed by atoms with E-state index in [4.69, 9.17) is 4.74 Å². The lowest BCUT2D eigenvalue weighted by molar-refractivity contribution is 0.0602. The van der Waals surface area contributed by atoms with Crippen LogP contribution in [0, 0.1) is 0 Å². The molecule has 21 heavy (non-hydrogen) atoms. The van der Waals surface area contributed by atoms with Crippen molar-refractivity contribution in [1.82, 2.24) is 0 Å². The minimum absolute atomic E-state index is 0.112. The molecule has 2 aromatic rings. The maximum Gasteiger partial charge on any atom is 0.339 e. The molecule has 0 radical (unpaired) electrons. The third-order valence-corrected chi connectivity index (χ3v) is 2.86. The molecule has 2 rings (SSSR count). The molecule has 0 amide bonds. The summed E-state index contributed by atoms with van der Waals surface area (Å²) in [5.41, 5.74) is 1.61. The number of nitrogens with one attached hydrogen (secondary N) is 1. The second kappa shape index (κ2) is 7.05. The zero-order chi connectivity index (χ0) is 15.1. The average Bonchev–Trinajstić information content (AvgIpc) is 2.55. The van der Waals surface area contributed by atoms with Crippen LogP contribution in [-0.2, 0) is 4.74 Å². The van der Waals surface area contributed by atoms with E-state index < -0.39 is 5.97 Å². The highest BCUT2D eigenvalue weighted by Crippen LogP contribution is 2.16. The highest BCUT2D eigenvalue weighted by Gasteiger charge is 2.09. The van der Waals surface area contributed by atoms with E-state index >= 15 is 0 Å². The molecule has 4 heteroatoms. The fourth-order valence-electron chi connectivity index (χ4n) is 1.80. The first-order valence-electron chi connectivity index (χ1n) is 6.42. The Bertz CT molecular complexity index is 663. The third kappa shape index (κ3) is 3.79. The smallest absolute Gasteiger partial charge is 0.339 e. The summed E-state index contributed by atoms with van der Waals surface area (Å²) in [6.07, 6.45) is 2.93. The molecular weight excluding hydrogens is 266 g/mol. The van der Waals surface area contributed by atoms with Crippen LogP contribution in [-0.4, -0.2) is 18.9 Å². The minimum Gasteiger partial charge on any atom is -0.465 e. The summed E-state index contributed by atoms with van der Waals surface area (Å²) < 4.78 is 4.70. The molecule has 0 aliphatic carbocycles. The average molecular weight is 281 g/mol. The molecule has 106 valence electrons. The van der Waals surface area contributed by atoms with Crippen molar-refractivity contribution in [3.8, 4) is 0 Å². The number of hydrogen-bond donors (Lipinski definition) is 1. The summed E-state index contributed by atoms with van der Waals surface area (Å²) >= 11 is 0. The molecule has 0 saturated heterocycles. The van der Waals surface area contributed by atoms with E-state index in [0.29, 0.717) is 16.8 Å². The van der Waals surface area contributed by atoms with Crippen molar-refractivity contribution in [1.29, 1.82) is 0 Å². The molecule has 0 aliphatic heterocycles. The van der Waals surface area contributed by atoms with Crippen LogP contribution in [0.1, 0.15) is 20.7 Å². The van der Waals surface area contributed by atoms with Crippen LogP contribution in [0.3, 0.4) is 0 Å². The fraction of sp³-hybridized carbons (Fsp3) is 0.0588. The number of ketones is 1. The highest BCUT2D eigenvalue weighted by atomic mass is 16.5. The number of carbonyl (C=O) groups excluding carboxylic acids is 2. The number of rotatable bonds is 5. The lowest BCUT2D eigenvalue weighted by atomic mass is 10.1. The molecule has 0 unspecified atom stereocenters. The fourth-order valence-corrected chi connectivity index (χ4v) is 1.80. The second-order valence-electron chi connectivity index (χ2n) is 4.25. The van der Waals surface area contributed by atoms with Crippen LogP contribution in [0.4, 0.5) is 5.69 Å². The van der Waals surface area contributed by atoms with Crippen molar-refractivity contribution in [2.45, 2.75) is 0 Å². The van der Waals surface area contributed by atoms with Crippen LogP contribution in [0.15, 0.2) is 66.9 Å². The summed E-state index contributed by atoms with van der Waals surface area (Å²) in [4.78, 5) is 23.5. The van der Waals surface area contributed by atoms with E-state index in [1.165, 1.54) is 19.4 Å². The van der Waals surface area contributed by atoms with Crippen molar-refractivity contribution in [2.75, 3.05) is 12.4 Å². The predicted molar refractivity (Wildman–Crippen MR) is 81.3 cm³/mol. The molecular formula is C17H15NO3. The van der Waals surface area contributed by atoms with Crippen LogP contribution < -0.4 is 5.32 Å². The highest BCUT2D eigenvalue weighted by molar-refractivity contribution is 6.04. The van der Waals surface area contributed by atoms with Gasteiger partial charge in [-0.05, 0) is 12.1 Å². The SMILES string of the molecule is COC(=O)c1ccccc1N/C=C/C(=O)c1ccccc1. The number of carbonyl (C=O) groups is 2. The summed E-state index contributed by atoms with van der Waals surface area (Å²) in [7, 11) is 1.33. The molecule has 0 heterocycles. The molecule has 0 aliphatic rings. The topological polar surface area (TPSA) is 55.4 Å². The molecule has 2 aromatic carbocycles. The number of anilines is 1. The van der Waals surface area contributed by atoms with Gasteiger partial charge in [-0.1, -0.05) is 42.5 Å². The number of ether oxygens (including phenoxy) is 1. The van der Waals surface area contributed by atoms with Gasteiger partial charge in [-0.3, -0.25) is 4.79 Å². The third-order valence-electron chi connectivity index (χ3n) is 2.86. The Morgan fingerprint density at radius 1 is 1.00 bits per heavy atom. The summed E-state index contributed by atoms with van der Waals surface area (Å²) in [6, 6.07) is 15.9. The Hall–Kier alpha value is -2.88. The number of allylic oxidation sites excluding steroid dienone is 1. The Kier molecular flexibility index (Phi) is 4.88. The molecule has 0 atom stereocenters. The molecule has 0 spiro atoms. The van der Waals surface area contributed by atoms with Gasteiger partial charge in [0, 0.05) is 17.8 Å². The van der Waals surface area contributed by atoms with Crippen LogP contribution in [0.25, 0.3) is 0 Å². The second-order valence-corrected chi connectivity index (χ2v) is 4.25. The van der Waals surface area contributed by atoms with Crippen molar-refractivity contribution >= 4 is 17.4 Å². The van der Waals surface area contributed by atoms with E-state index in [1.807, 2.05) is 6.07 Å². The summed E-state index contributed by atoms with van der Waals surface area (Å²) in [5, 5.41) is 2.93. The van der Waals surface area contributed by atoms with E-state index in [2.05, 4.69) is 5.32 Å². The van der Waals surface area contributed by atoms with Gasteiger partial charge in [0.2, 0.25) is 0 Å². The van der Waals surface area contributed by atoms with Crippen LogP contribution >= 0.6 is 0 Å². The monoisotopic (exact) mass is 281 g/mol. The lowest BCUT2D eigenvalue weighted by Gasteiger charge is -2.06. The molecule has 4 nitrogen and oxygen atoms in total. The minimum atomic E-state index is -0.430. The summed E-state index contributed by atoms with van der Waals surface area (Å²) in [5.74, 6) is -0.542. The first kappa shape index (κ1) is 14.5. The molecule has 0 aromatic heterocycles. The molecule has 1 N–H and O–H groups in total. The van der Waals surface area contributed by atoms with Gasteiger partial charge in [-0.2, -0.15) is 0 Å².